The number of benzene rings is 1. The van der Waals surface area contributed by atoms with Gasteiger partial charge in [0.25, 0.3) is 0 Å². The zero-order valence-corrected chi connectivity index (χ0v) is 7.53. The smallest absolute Gasteiger partial charge is 0.136 e. The van der Waals surface area contributed by atoms with Crippen LogP contribution in [-0.2, 0) is 6.54 Å². The molecule has 2 aromatic rings. The lowest BCUT2D eigenvalue weighted by Gasteiger charge is -2.01. The molecule has 2 nitrogen and oxygen atoms in total. The van der Waals surface area contributed by atoms with E-state index in [4.69, 9.17) is 10.2 Å². The van der Waals surface area contributed by atoms with E-state index in [1.54, 1.807) is 24.3 Å². The molecule has 2 N–H and O–H groups in total. The van der Waals surface area contributed by atoms with Crippen molar-refractivity contribution in [1.29, 1.82) is 0 Å². The van der Waals surface area contributed by atoms with Gasteiger partial charge in [0, 0.05) is 6.54 Å². The molecule has 14 heavy (non-hydrogen) atoms. The lowest BCUT2D eigenvalue weighted by atomic mass is 10.1. The Kier molecular flexibility index (Phi) is 2.33. The Balaban J connectivity index is 2.46. The molecule has 0 fully saturated rings. The minimum absolute atomic E-state index is 0.303. The normalized spacial score (nSPS) is 10.4. The van der Waals surface area contributed by atoms with Gasteiger partial charge in [-0.25, -0.2) is 4.39 Å². The van der Waals surface area contributed by atoms with Gasteiger partial charge >= 0.3 is 0 Å². The summed E-state index contributed by atoms with van der Waals surface area (Å²) in [7, 11) is 0. The molecule has 0 saturated carbocycles. The molecule has 0 spiro atoms. The van der Waals surface area contributed by atoms with Gasteiger partial charge in [-0.1, -0.05) is 6.07 Å². The highest BCUT2D eigenvalue weighted by Crippen LogP contribution is 2.23. The Bertz CT molecular complexity index is 423. The third kappa shape index (κ3) is 1.54. The quantitative estimate of drug-likeness (QED) is 0.792. The minimum atomic E-state index is -0.303. The third-order valence-electron chi connectivity index (χ3n) is 2.06. The van der Waals surface area contributed by atoms with Crippen LogP contribution in [0.2, 0.25) is 0 Å². The van der Waals surface area contributed by atoms with Crippen LogP contribution in [-0.4, -0.2) is 0 Å². The molecule has 0 amide bonds. The van der Waals surface area contributed by atoms with Gasteiger partial charge in [-0.15, -0.1) is 0 Å². The average molecular weight is 191 g/mol. The van der Waals surface area contributed by atoms with Gasteiger partial charge in [0.2, 0.25) is 0 Å². The summed E-state index contributed by atoms with van der Waals surface area (Å²) in [4.78, 5) is 0. The first-order valence-corrected chi connectivity index (χ1v) is 4.33. The van der Waals surface area contributed by atoms with E-state index in [0.29, 0.717) is 17.9 Å². The summed E-state index contributed by atoms with van der Waals surface area (Å²) in [6.07, 6.45) is 1.52. The standard InChI is InChI=1S/C11H10FNO/c12-10-6-8(7-13)3-4-9(10)11-2-1-5-14-11/h1-6H,7,13H2. The van der Waals surface area contributed by atoms with E-state index in [1.165, 1.54) is 12.3 Å². The molecule has 1 aromatic carbocycles. The molecule has 0 atom stereocenters. The number of hydrogen-bond donors (Lipinski definition) is 1. The van der Waals surface area contributed by atoms with Crippen LogP contribution in [0.3, 0.4) is 0 Å². The first-order chi connectivity index (χ1) is 6.81. The Morgan fingerprint density at radius 3 is 2.71 bits per heavy atom. The predicted molar refractivity (Wildman–Crippen MR) is 52.0 cm³/mol. The second kappa shape index (κ2) is 3.64. The van der Waals surface area contributed by atoms with Crippen LogP contribution < -0.4 is 5.73 Å². The van der Waals surface area contributed by atoms with Crippen LogP contribution in [0.25, 0.3) is 11.3 Å². The maximum Gasteiger partial charge on any atom is 0.136 e. The largest absolute Gasteiger partial charge is 0.464 e. The maximum absolute atomic E-state index is 13.5. The molecule has 0 aliphatic carbocycles. The number of furan rings is 1. The highest BCUT2D eigenvalue weighted by Gasteiger charge is 2.07. The predicted octanol–water partition coefficient (Wildman–Crippen LogP) is 2.54. The molecule has 0 saturated heterocycles. The van der Waals surface area contributed by atoms with Gasteiger partial charge < -0.3 is 10.2 Å². The molecule has 0 bridgehead atoms. The first-order valence-electron chi connectivity index (χ1n) is 4.33. The Labute approximate surface area is 81.2 Å². The van der Waals surface area contributed by atoms with Crippen molar-refractivity contribution in [1.82, 2.24) is 0 Å². The Morgan fingerprint density at radius 1 is 1.29 bits per heavy atom. The summed E-state index contributed by atoms with van der Waals surface area (Å²) in [6.45, 7) is 0.343. The van der Waals surface area contributed by atoms with E-state index in [0.717, 1.165) is 5.56 Å². The van der Waals surface area contributed by atoms with Crippen molar-refractivity contribution >= 4 is 0 Å². The molecule has 3 heteroatoms. The van der Waals surface area contributed by atoms with Crippen molar-refractivity contribution in [3.63, 3.8) is 0 Å². The molecule has 1 aromatic heterocycles. The van der Waals surface area contributed by atoms with Crippen LogP contribution in [0.1, 0.15) is 5.56 Å². The van der Waals surface area contributed by atoms with Gasteiger partial charge in [0.1, 0.15) is 11.6 Å². The maximum atomic E-state index is 13.5. The number of nitrogens with two attached hydrogens (primary N) is 1. The van der Waals surface area contributed by atoms with E-state index in [2.05, 4.69) is 0 Å². The van der Waals surface area contributed by atoms with Gasteiger partial charge in [0.15, 0.2) is 0 Å². The van der Waals surface area contributed by atoms with Gasteiger partial charge in [0.05, 0.1) is 11.8 Å². The fourth-order valence-corrected chi connectivity index (χ4v) is 1.32. The molecular formula is C11H10FNO. The zero-order valence-electron chi connectivity index (χ0n) is 7.53. The topological polar surface area (TPSA) is 39.2 Å². The fraction of sp³-hybridized carbons (Fsp3) is 0.0909. The van der Waals surface area contributed by atoms with E-state index in [-0.39, 0.29) is 5.82 Å². The van der Waals surface area contributed by atoms with Gasteiger partial charge in [-0.05, 0) is 29.8 Å². The second-order valence-electron chi connectivity index (χ2n) is 3.00. The first kappa shape index (κ1) is 8.97. The highest BCUT2D eigenvalue weighted by molar-refractivity contribution is 5.58. The van der Waals surface area contributed by atoms with E-state index >= 15 is 0 Å². The Morgan fingerprint density at radius 2 is 2.14 bits per heavy atom. The summed E-state index contributed by atoms with van der Waals surface area (Å²) in [5.74, 6) is 0.231. The lowest BCUT2D eigenvalue weighted by molar-refractivity contribution is 0.569. The Hall–Kier alpha value is -1.61. The molecule has 0 unspecified atom stereocenters. The molecule has 1 heterocycles. The summed E-state index contributed by atoms with van der Waals surface area (Å²) in [6, 6.07) is 8.35. The third-order valence-corrected chi connectivity index (χ3v) is 2.06. The van der Waals surface area contributed by atoms with Crippen LogP contribution >= 0.6 is 0 Å². The van der Waals surface area contributed by atoms with Crippen molar-refractivity contribution in [3.8, 4) is 11.3 Å². The van der Waals surface area contributed by atoms with Crippen LogP contribution in [0.5, 0.6) is 0 Å². The van der Waals surface area contributed by atoms with E-state index in [1.807, 2.05) is 0 Å². The summed E-state index contributed by atoms with van der Waals surface area (Å²) in [5.41, 5.74) is 6.64. The van der Waals surface area contributed by atoms with E-state index in [9.17, 15) is 4.39 Å². The van der Waals surface area contributed by atoms with E-state index < -0.39 is 0 Å². The van der Waals surface area contributed by atoms with Crippen molar-refractivity contribution < 1.29 is 8.81 Å². The highest BCUT2D eigenvalue weighted by atomic mass is 19.1. The average Bonchev–Trinajstić information content (AvgIpc) is 2.70. The minimum Gasteiger partial charge on any atom is -0.464 e. The fourth-order valence-electron chi connectivity index (χ4n) is 1.32. The number of hydrogen-bond acceptors (Lipinski definition) is 2. The second-order valence-corrected chi connectivity index (χ2v) is 3.00. The molecule has 72 valence electrons. The SMILES string of the molecule is NCc1ccc(-c2ccco2)c(F)c1. The summed E-state index contributed by atoms with van der Waals surface area (Å²) >= 11 is 0. The number of halogens is 1. The van der Waals surface area contributed by atoms with Crippen molar-refractivity contribution in [2.45, 2.75) is 6.54 Å². The summed E-state index contributed by atoms with van der Waals surface area (Å²) < 4.78 is 18.6. The molecular weight excluding hydrogens is 181 g/mol. The summed E-state index contributed by atoms with van der Waals surface area (Å²) in [5, 5.41) is 0. The van der Waals surface area contributed by atoms with Crippen molar-refractivity contribution in [2.24, 2.45) is 5.73 Å². The number of rotatable bonds is 2. The van der Waals surface area contributed by atoms with Gasteiger partial charge in [-0.2, -0.15) is 0 Å². The van der Waals surface area contributed by atoms with Gasteiger partial charge in [-0.3, -0.25) is 0 Å². The lowest BCUT2D eigenvalue weighted by Crippen LogP contribution is -1.97. The monoisotopic (exact) mass is 191 g/mol. The molecule has 0 aliphatic rings. The van der Waals surface area contributed by atoms with Crippen LogP contribution in [0.4, 0.5) is 4.39 Å². The zero-order chi connectivity index (χ0) is 9.97. The van der Waals surface area contributed by atoms with Crippen LogP contribution in [0, 0.1) is 5.82 Å². The van der Waals surface area contributed by atoms with Crippen LogP contribution in [0.15, 0.2) is 41.0 Å². The van der Waals surface area contributed by atoms with Crippen molar-refractivity contribution in [2.75, 3.05) is 0 Å². The van der Waals surface area contributed by atoms with Crippen molar-refractivity contribution in [3.05, 3.63) is 48.0 Å². The molecule has 0 aliphatic heterocycles. The molecule has 2 rings (SSSR count). The molecule has 0 radical (unpaired) electrons.